The largest absolute Gasteiger partial charge is 0.315 e. The van der Waals surface area contributed by atoms with Crippen LogP contribution in [0, 0.1) is 17.5 Å². The molecule has 3 nitrogen and oxygen atoms in total. The molecule has 0 radical (unpaired) electrons. The number of rotatable bonds is 3. The van der Waals surface area contributed by atoms with Gasteiger partial charge in [0.05, 0.1) is 5.69 Å². The number of aromatic nitrogens is 2. The second-order valence-corrected chi connectivity index (χ2v) is 6.25. The summed E-state index contributed by atoms with van der Waals surface area (Å²) in [5, 5.41) is 10.6. The Kier molecular flexibility index (Phi) is 4.05. The van der Waals surface area contributed by atoms with E-state index in [1.54, 1.807) is 12.1 Å². The van der Waals surface area contributed by atoms with Crippen molar-refractivity contribution < 1.29 is 13.2 Å². The number of H-pyrrole nitrogens is 1. The van der Waals surface area contributed by atoms with Gasteiger partial charge in [-0.2, -0.15) is 5.10 Å². The van der Waals surface area contributed by atoms with Crippen molar-refractivity contribution in [1.29, 1.82) is 0 Å². The van der Waals surface area contributed by atoms with E-state index < -0.39 is 11.6 Å². The summed E-state index contributed by atoms with van der Waals surface area (Å²) in [5.74, 6) is -1.52. The van der Waals surface area contributed by atoms with Crippen LogP contribution in [0.5, 0.6) is 0 Å². The zero-order chi connectivity index (χ0) is 17.4. The molecular formula is C19H16F3N3. The first-order chi connectivity index (χ1) is 12.1. The molecule has 6 heteroatoms. The van der Waals surface area contributed by atoms with Crippen LogP contribution in [-0.2, 0) is 0 Å². The molecule has 0 unspecified atom stereocenters. The van der Waals surface area contributed by atoms with E-state index in [0.29, 0.717) is 24.3 Å². The number of nitrogens with zero attached hydrogens (tertiary/aromatic N) is 1. The van der Waals surface area contributed by atoms with Gasteiger partial charge >= 0.3 is 0 Å². The Morgan fingerprint density at radius 2 is 1.56 bits per heavy atom. The minimum Gasteiger partial charge on any atom is -0.315 e. The monoisotopic (exact) mass is 343 g/mol. The van der Waals surface area contributed by atoms with Gasteiger partial charge in [-0.15, -0.1) is 0 Å². The summed E-state index contributed by atoms with van der Waals surface area (Å²) >= 11 is 0. The molecule has 0 saturated carbocycles. The van der Waals surface area contributed by atoms with Crippen molar-refractivity contribution in [2.75, 3.05) is 13.1 Å². The molecule has 25 heavy (non-hydrogen) atoms. The van der Waals surface area contributed by atoms with Crippen LogP contribution in [0.4, 0.5) is 13.2 Å². The maximum absolute atomic E-state index is 14.2. The van der Waals surface area contributed by atoms with Gasteiger partial charge in [-0.05, 0) is 42.0 Å². The van der Waals surface area contributed by atoms with Gasteiger partial charge in [-0.1, -0.05) is 6.07 Å². The third kappa shape index (κ3) is 3.05. The van der Waals surface area contributed by atoms with Gasteiger partial charge in [-0.25, -0.2) is 13.2 Å². The van der Waals surface area contributed by atoms with Crippen LogP contribution >= 0.6 is 0 Å². The van der Waals surface area contributed by atoms with E-state index in [1.165, 1.54) is 24.3 Å². The number of hydrogen-bond acceptors (Lipinski definition) is 2. The molecule has 1 aliphatic rings. The average Bonchev–Trinajstić information content (AvgIpc) is 3.24. The summed E-state index contributed by atoms with van der Waals surface area (Å²) in [6, 6.07) is 11.7. The molecule has 2 atom stereocenters. The lowest BCUT2D eigenvalue weighted by atomic mass is 9.86. The zero-order valence-corrected chi connectivity index (χ0v) is 13.3. The predicted octanol–water partition coefficient (Wildman–Crippen LogP) is 3.96. The molecule has 0 bridgehead atoms. The highest BCUT2D eigenvalue weighted by molar-refractivity contribution is 5.59. The first kappa shape index (κ1) is 15.9. The summed E-state index contributed by atoms with van der Waals surface area (Å²) in [7, 11) is 0. The van der Waals surface area contributed by atoms with Gasteiger partial charge in [0.2, 0.25) is 0 Å². The fourth-order valence-electron chi connectivity index (χ4n) is 3.43. The molecule has 0 amide bonds. The normalized spacial score (nSPS) is 20.1. The van der Waals surface area contributed by atoms with Crippen LogP contribution < -0.4 is 5.32 Å². The van der Waals surface area contributed by atoms with Gasteiger partial charge in [0.15, 0.2) is 0 Å². The van der Waals surface area contributed by atoms with Crippen molar-refractivity contribution in [2.45, 2.75) is 11.8 Å². The first-order valence-corrected chi connectivity index (χ1v) is 8.09. The molecule has 1 aromatic heterocycles. The lowest BCUT2D eigenvalue weighted by Gasteiger charge is -2.18. The number of nitrogens with one attached hydrogen (secondary N) is 2. The third-order valence-electron chi connectivity index (χ3n) is 4.71. The molecule has 4 rings (SSSR count). The second-order valence-electron chi connectivity index (χ2n) is 6.25. The van der Waals surface area contributed by atoms with Crippen molar-refractivity contribution in [3.63, 3.8) is 0 Å². The minimum absolute atomic E-state index is 0.00154. The molecule has 1 fully saturated rings. The molecule has 128 valence electrons. The van der Waals surface area contributed by atoms with Crippen LogP contribution in [0.25, 0.3) is 11.3 Å². The van der Waals surface area contributed by atoms with E-state index in [0.717, 1.165) is 17.3 Å². The van der Waals surface area contributed by atoms with E-state index in [1.807, 2.05) is 6.07 Å². The van der Waals surface area contributed by atoms with Crippen molar-refractivity contribution in [3.05, 3.63) is 77.2 Å². The lowest BCUT2D eigenvalue weighted by Crippen LogP contribution is -2.11. The molecule has 0 spiro atoms. The summed E-state index contributed by atoms with van der Waals surface area (Å²) in [4.78, 5) is 0. The number of aromatic amines is 1. The van der Waals surface area contributed by atoms with Crippen molar-refractivity contribution in [2.24, 2.45) is 0 Å². The third-order valence-corrected chi connectivity index (χ3v) is 4.71. The van der Waals surface area contributed by atoms with Crippen molar-refractivity contribution in [1.82, 2.24) is 15.5 Å². The Morgan fingerprint density at radius 3 is 2.32 bits per heavy atom. The second kappa shape index (κ2) is 6.37. The summed E-state index contributed by atoms with van der Waals surface area (Å²) < 4.78 is 40.4. The van der Waals surface area contributed by atoms with E-state index in [-0.39, 0.29) is 17.7 Å². The molecular weight excluding hydrogens is 327 g/mol. The quantitative estimate of drug-likeness (QED) is 0.756. The highest BCUT2D eigenvalue weighted by Gasteiger charge is 2.33. The summed E-state index contributed by atoms with van der Waals surface area (Å²) in [6.45, 7) is 1.28. The molecule has 1 aliphatic heterocycles. The number of benzene rings is 2. The highest BCUT2D eigenvalue weighted by Crippen LogP contribution is 2.37. The van der Waals surface area contributed by atoms with Gasteiger partial charge in [0.1, 0.15) is 17.5 Å². The molecule has 0 aliphatic carbocycles. The average molecular weight is 343 g/mol. The Hall–Kier alpha value is -2.60. The zero-order valence-electron chi connectivity index (χ0n) is 13.3. The molecule has 2 N–H and O–H groups in total. The Balaban J connectivity index is 1.63. The van der Waals surface area contributed by atoms with Crippen molar-refractivity contribution in [3.8, 4) is 11.3 Å². The predicted molar refractivity (Wildman–Crippen MR) is 88.7 cm³/mol. The van der Waals surface area contributed by atoms with Gasteiger partial charge in [-0.3, -0.25) is 5.10 Å². The molecule has 1 saturated heterocycles. The molecule has 2 aromatic carbocycles. The Labute approximate surface area is 142 Å². The van der Waals surface area contributed by atoms with E-state index in [9.17, 15) is 13.2 Å². The van der Waals surface area contributed by atoms with E-state index in [2.05, 4.69) is 15.5 Å². The van der Waals surface area contributed by atoms with Crippen LogP contribution in [0.2, 0.25) is 0 Å². The van der Waals surface area contributed by atoms with Crippen LogP contribution in [-0.4, -0.2) is 23.3 Å². The van der Waals surface area contributed by atoms with E-state index >= 15 is 0 Å². The maximum Gasteiger partial charge on any atom is 0.129 e. The summed E-state index contributed by atoms with van der Waals surface area (Å²) in [5.41, 5.74) is 2.88. The number of halogens is 3. The molecule has 2 heterocycles. The standard InChI is InChI=1S/C19H16F3N3/c20-12-3-1-11(2-4-12)18-8-19(25-24-18)16-10-23-9-15(16)14-6-5-13(21)7-17(14)22/h1-8,15-16,23H,9-10H2,(H,24,25)/t15-,16+/m0/s1. The van der Waals surface area contributed by atoms with E-state index in [4.69, 9.17) is 0 Å². The van der Waals surface area contributed by atoms with Crippen LogP contribution in [0.15, 0.2) is 48.5 Å². The fourth-order valence-corrected chi connectivity index (χ4v) is 3.43. The Bertz CT molecular complexity index is 889. The van der Waals surface area contributed by atoms with Gasteiger partial charge in [0, 0.05) is 42.2 Å². The fraction of sp³-hybridized carbons (Fsp3) is 0.211. The maximum atomic E-state index is 14.2. The van der Waals surface area contributed by atoms with Crippen LogP contribution in [0.3, 0.4) is 0 Å². The number of hydrogen-bond donors (Lipinski definition) is 2. The SMILES string of the molecule is Fc1ccc(-c2cc([C@@H]3CNC[C@H]3c3ccc(F)cc3F)[nH]n2)cc1. The highest BCUT2D eigenvalue weighted by atomic mass is 19.1. The van der Waals surface area contributed by atoms with Gasteiger partial charge in [0.25, 0.3) is 0 Å². The van der Waals surface area contributed by atoms with Gasteiger partial charge < -0.3 is 5.32 Å². The lowest BCUT2D eigenvalue weighted by molar-refractivity contribution is 0.544. The topological polar surface area (TPSA) is 40.7 Å². The van der Waals surface area contributed by atoms with Crippen LogP contribution in [0.1, 0.15) is 23.1 Å². The summed E-state index contributed by atoms with van der Waals surface area (Å²) in [6.07, 6.45) is 0. The first-order valence-electron chi connectivity index (χ1n) is 8.09. The van der Waals surface area contributed by atoms with Crippen molar-refractivity contribution >= 4 is 0 Å². The Morgan fingerprint density at radius 1 is 0.840 bits per heavy atom. The molecule has 3 aromatic rings. The smallest absolute Gasteiger partial charge is 0.129 e. The minimum atomic E-state index is -0.580.